The van der Waals surface area contributed by atoms with Gasteiger partial charge in [-0.15, -0.1) is 0 Å². The van der Waals surface area contributed by atoms with Crippen LogP contribution in [0.2, 0.25) is 0 Å². The Morgan fingerprint density at radius 2 is 1.67 bits per heavy atom. The van der Waals surface area contributed by atoms with E-state index in [-0.39, 0.29) is 17.9 Å². The van der Waals surface area contributed by atoms with E-state index >= 15 is 0 Å². The smallest absolute Gasteiger partial charge is 0.334 e. The highest BCUT2D eigenvalue weighted by Gasteiger charge is 2.49. The molecule has 3 heterocycles. The molecule has 2 atom stereocenters. The minimum Gasteiger partial charge on any atom is -0.338 e. The summed E-state index contributed by atoms with van der Waals surface area (Å²) in [6.45, 7) is 3.58. The summed E-state index contributed by atoms with van der Waals surface area (Å²) in [6.07, 6.45) is 6.95. The molecule has 0 radical (unpaired) electrons. The van der Waals surface area contributed by atoms with Crippen LogP contribution in [-0.2, 0) is 14.4 Å². The number of anilines is 1. The van der Waals surface area contributed by atoms with Crippen LogP contribution >= 0.6 is 0 Å². The molecule has 0 bridgehead atoms. The molecule has 0 N–H and O–H groups in total. The van der Waals surface area contributed by atoms with Crippen molar-refractivity contribution in [2.24, 2.45) is 5.92 Å². The topological polar surface area (TPSA) is 107 Å². The van der Waals surface area contributed by atoms with Crippen LogP contribution in [0.5, 0.6) is 0 Å². The second kappa shape index (κ2) is 8.37. The maximum atomic E-state index is 12.8. The van der Waals surface area contributed by atoms with Gasteiger partial charge in [0.2, 0.25) is 11.9 Å². The summed E-state index contributed by atoms with van der Waals surface area (Å²) in [5.74, 6) is -1.28. The van der Waals surface area contributed by atoms with Gasteiger partial charge in [-0.25, -0.2) is 19.7 Å². The van der Waals surface area contributed by atoms with Crippen LogP contribution < -0.4 is 4.90 Å². The first kappa shape index (κ1) is 20.2. The van der Waals surface area contributed by atoms with Crippen LogP contribution in [0.4, 0.5) is 10.7 Å². The molecule has 10 heteroatoms. The van der Waals surface area contributed by atoms with Crippen molar-refractivity contribution in [3.05, 3.63) is 18.5 Å². The Morgan fingerprint density at radius 3 is 2.33 bits per heavy atom. The molecule has 2 aliphatic heterocycles. The van der Waals surface area contributed by atoms with E-state index in [2.05, 4.69) is 9.97 Å². The van der Waals surface area contributed by atoms with Crippen LogP contribution in [-0.4, -0.2) is 87.2 Å². The molecule has 160 valence electrons. The molecule has 1 saturated carbocycles. The summed E-state index contributed by atoms with van der Waals surface area (Å²) in [5, 5.41) is 0. The van der Waals surface area contributed by atoms with Crippen LogP contribution in [0.25, 0.3) is 0 Å². The number of amides is 5. The van der Waals surface area contributed by atoms with Crippen molar-refractivity contribution in [1.82, 2.24) is 24.7 Å². The molecule has 3 fully saturated rings. The van der Waals surface area contributed by atoms with E-state index < -0.39 is 24.4 Å². The van der Waals surface area contributed by atoms with Gasteiger partial charge in [0.25, 0.3) is 0 Å². The van der Waals surface area contributed by atoms with Crippen LogP contribution in [0, 0.1) is 5.92 Å². The number of imide groups is 2. The molecule has 30 heavy (non-hydrogen) atoms. The van der Waals surface area contributed by atoms with E-state index in [0.29, 0.717) is 38.5 Å². The molecule has 0 aromatic carbocycles. The highest BCUT2D eigenvalue weighted by Crippen LogP contribution is 2.31. The molecule has 2 saturated heterocycles. The van der Waals surface area contributed by atoms with E-state index in [9.17, 15) is 19.2 Å². The fourth-order valence-corrected chi connectivity index (χ4v) is 4.48. The number of hydrogen-bond acceptors (Lipinski definition) is 7. The van der Waals surface area contributed by atoms with E-state index in [4.69, 9.17) is 0 Å². The molecule has 0 spiro atoms. The van der Waals surface area contributed by atoms with Gasteiger partial charge in [0, 0.05) is 44.6 Å². The van der Waals surface area contributed by atoms with Gasteiger partial charge in [0.1, 0.15) is 6.54 Å². The lowest BCUT2D eigenvalue weighted by molar-refractivity contribution is -0.146. The summed E-state index contributed by atoms with van der Waals surface area (Å²) in [5.41, 5.74) is 0. The standard InChI is InChI=1S/C20H26N6O4/c1-14-5-2-3-6-15(14)26-18(29)17(28)25(20(26)30)13-16(27)23-9-11-24(12-10-23)19-21-7-4-8-22-19/h4,7-8,14-15H,2-3,5-6,9-13H2,1H3/t14-,15-/m0/s1. The van der Waals surface area contributed by atoms with Gasteiger partial charge < -0.3 is 9.80 Å². The van der Waals surface area contributed by atoms with Gasteiger partial charge in [0.05, 0.1) is 0 Å². The van der Waals surface area contributed by atoms with Crippen LogP contribution in [0.15, 0.2) is 18.5 Å². The SMILES string of the molecule is C[C@H]1CCCC[C@@H]1N1C(=O)C(=O)N(CC(=O)N2CCN(c3ncccn3)CC2)C1=O. The summed E-state index contributed by atoms with van der Waals surface area (Å²) in [4.78, 5) is 64.4. The molecule has 1 aliphatic carbocycles. The van der Waals surface area contributed by atoms with Crippen molar-refractivity contribution in [3.63, 3.8) is 0 Å². The third-order valence-electron chi connectivity index (χ3n) is 6.24. The molecule has 10 nitrogen and oxygen atoms in total. The number of nitrogens with zero attached hydrogens (tertiary/aromatic N) is 6. The summed E-state index contributed by atoms with van der Waals surface area (Å²) >= 11 is 0. The lowest BCUT2D eigenvalue weighted by Crippen LogP contribution is -2.52. The Kier molecular flexibility index (Phi) is 5.65. The molecule has 1 aromatic rings. The van der Waals surface area contributed by atoms with Gasteiger partial charge in [-0.2, -0.15) is 0 Å². The van der Waals surface area contributed by atoms with E-state index in [1.54, 1.807) is 23.4 Å². The first-order valence-corrected chi connectivity index (χ1v) is 10.5. The Morgan fingerprint density at radius 1 is 1.00 bits per heavy atom. The quantitative estimate of drug-likeness (QED) is 0.521. The Bertz CT molecular complexity index is 839. The molecule has 4 rings (SSSR count). The molecular weight excluding hydrogens is 388 g/mol. The molecular formula is C20H26N6O4. The lowest BCUT2D eigenvalue weighted by atomic mass is 9.85. The Labute approximate surface area is 174 Å². The van der Waals surface area contributed by atoms with E-state index in [0.717, 1.165) is 29.1 Å². The highest BCUT2D eigenvalue weighted by molar-refractivity contribution is 6.45. The number of aromatic nitrogens is 2. The minimum atomic E-state index is -0.901. The van der Waals surface area contributed by atoms with Gasteiger partial charge in [0.15, 0.2) is 0 Å². The number of piperazine rings is 1. The molecule has 5 amide bonds. The second-order valence-corrected chi connectivity index (χ2v) is 8.09. The van der Waals surface area contributed by atoms with Crippen molar-refractivity contribution in [2.75, 3.05) is 37.6 Å². The number of rotatable bonds is 4. The van der Waals surface area contributed by atoms with Gasteiger partial charge in [-0.1, -0.05) is 19.8 Å². The highest BCUT2D eigenvalue weighted by atomic mass is 16.2. The minimum absolute atomic E-state index is 0.156. The number of urea groups is 1. The van der Waals surface area contributed by atoms with Crippen molar-refractivity contribution in [2.45, 2.75) is 38.6 Å². The first-order chi connectivity index (χ1) is 14.5. The number of carbonyl (C=O) groups is 4. The fraction of sp³-hybridized carbons (Fsp3) is 0.600. The Hall–Kier alpha value is -3.04. The first-order valence-electron chi connectivity index (χ1n) is 10.5. The third kappa shape index (κ3) is 3.73. The van der Waals surface area contributed by atoms with Crippen LogP contribution in [0.1, 0.15) is 32.6 Å². The average Bonchev–Trinajstić information content (AvgIpc) is 2.98. The maximum Gasteiger partial charge on any atom is 0.334 e. The zero-order valence-corrected chi connectivity index (χ0v) is 17.1. The van der Waals surface area contributed by atoms with Gasteiger partial charge in [-0.05, 0) is 24.8 Å². The van der Waals surface area contributed by atoms with Crippen LogP contribution in [0.3, 0.4) is 0 Å². The van der Waals surface area contributed by atoms with Gasteiger partial charge >= 0.3 is 17.8 Å². The summed E-state index contributed by atoms with van der Waals surface area (Å²) in [6, 6.07) is 0.817. The maximum absolute atomic E-state index is 12.8. The number of carbonyl (C=O) groups excluding carboxylic acids is 4. The third-order valence-corrected chi connectivity index (χ3v) is 6.24. The molecule has 1 aromatic heterocycles. The zero-order valence-electron chi connectivity index (χ0n) is 17.1. The fourth-order valence-electron chi connectivity index (χ4n) is 4.48. The predicted molar refractivity (Wildman–Crippen MR) is 106 cm³/mol. The molecule has 0 unspecified atom stereocenters. The van der Waals surface area contributed by atoms with E-state index in [1.807, 2.05) is 11.8 Å². The largest absolute Gasteiger partial charge is 0.338 e. The van der Waals surface area contributed by atoms with Crippen molar-refractivity contribution in [1.29, 1.82) is 0 Å². The monoisotopic (exact) mass is 414 g/mol. The second-order valence-electron chi connectivity index (χ2n) is 8.09. The normalized spacial score (nSPS) is 25.3. The average molecular weight is 414 g/mol. The Balaban J connectivity index is 1.37. The van der Waals surface area contributed by atoms with Crippen molar-refractivity contribution < 1.29 is 19.2 Å². The van der Waals surface area contributed by atoms with Gasteiger partial charge in [-0.3, -0.25) is 19.3 Å². The zero-order chi connectivity index (χ0) is 21.3. The summed E-state index contributed by atoms with van der Waals surface area (Å²) < 4.78 is 0. The lowest BCUT2D eigenvalue weighted by Gasteiger charge is -2.35. The van der Waals surface area contributed by atoms with Crippen molar-refractivity contribution in [3.8, 4) is 0 Å². The predicted octanol–water partition coefficient (Wildman–Crippen LogP) is 0.495. The summed E-state index contributed by atoms with van der Waals surface area (Å²) in [7, 11) is 0. The molecule has 3 aliphatic rings. The number of hydrogen-bond donors (Lipinski definition) is 0. The van der Waals surface area contributed by atoms with Crippen molar-refractivity contribution >= 4 is 29.7 Å². The van der Waals surface area contributed by atoms with E-state index in [1.165, 1.54) is 0 Å².